The molecule has 1 aromatic heterocycles. The zero-order valence-corrected chi connectivity index (χ0v) is 24.9. The van der Waals surface area contributed by atoms with Gasteiger partial charge in [0.05, 0.1) is 0 Å². The Labute approximate surface area is 253 Å². The molecule has 4 rings (SSSR count). The molecule has 0 spiro atoms. The summed E-state index contributed by atoms with van der Waals surface area (Å²) in [6.07, 6.45) is 0. The van der Waals surface area contributed by atoms with E-state index in [1.807, 2.05) is 0 Å². The molecule has 17 heteroatoms. The van der Waals surface area contributed by atoms with Crippen LogP contribution in [0.25, 0.3) is 0 Å². The number of fused-ring (bicyclic) bond motifs is 1. The molecule has 2 atom stereocenters. The molecule has 0 radical (unpaired) electrons. The molecule has 0 aliphatic carbocycles. The van der Waals surface area contributed by atoms with Gasteiger partial charge in [-0.05, 0) is 30.2 Å². The second-order valence-corrected chi connectivity index (χ2v) is 11.1. The number of carbonyl (C=O) groups is 5. The van der Waals surface area contributed by atoms with E-state index >= 15 is 0 Å². The molecule has 0 bridgehead atoms. The fraction of sp³-hybridized carbons (Fsp3) is 0.346. The third kappa shape index (κ3) is 7.30. The molecule has 228 valence electrons. The van der Waals surface area contributed by atoms with Crippen molar-refractivity contribution in [3.63, 3.8) is 0 Å². The number of aromatic nitrogens is 1. The van der Waals surface area contributed by atoms with E-state index in [4.69, 9.17) is 20.0 Å². The van der Waals surface area contributed by atoms with E-state index in [1.54, 1.807) is 13.0 Å². The number of nitrogens with one attached hydrogen (secondary N) is 2. The summed E-state index contributed by atoms with van der Waals surface area (Å²) in [5.41, 5.74) is 6.69. The number of nitrogens with zero attached hydrogens (tertiary/aromatic N) is 3. The van der Waals surface area contributed by atoms with Crippen molar-refractivity contribution in [2.45, 2.75) is 38.7 Å². The van der Waals surface area contributed by atoms with Crippen LogP contribution in [0.3, 0.4) is 0 Å². The van der Waals surface area contributed by atoms with Crippen LogP contribution in [0.15, 0.2) is 40.0 Å². The first kappa shape index (κ1) is 31.5. The van der Waals surface area contributed by atoms with Crippen molar-refractivity contribution in [3.05, 3.63) is 46.1 Å². The van der Waals surface area contributed by atoms with Gasteiger partial charge in [0.1, 0.15) is 29.4 Å². The largest absolute Gasteiger partial charge is 0.477 e. The molecule has 15 nitrogen and oxygen atoms in total. The fourth-order valence-electron chi connectivity index (χ4n) is 4.25. The van der Waals surface area contributed by atoms with Gasteiger partial charge in [-0.1, -0.05) is 11.2 Å². The van der Waals surface area contributed by atoms with Gasteiger partial charge < -0.3 is 35.8 Å². The minimum absolute atomic E-state index is 0.0653. The number of nitrogens with two attached hydrogens (primary N) is 1. The Kier molecular flexibility index (Phi) is 9.99. The molecule has 2 aliphatic heterocycles. The predicted molar refractivity (Wildman–Crippen MR) is 155 cm³/mol. The van der Waals surface area contributed by atoms with Crippen LogP contribution in [0.4, 0.5) is 5.13 Å². The van der Waals surface area contributed by atoms with Gasteiger partial charge in [0.2, 0.25) is 0 Å². The number of nitrogen functional groups attached to an aromatic ring is 1. The Bertz CT molecular complexity index is 1520. The zero-order valence-electron chi connectivity index (χ0n) is 23.2. The lowest BCUT2D eigenvalue weighted by Gasteiger charge is -2.49. The normalized spacial score (nSPS) is 18.0. The molecule has 5 N–H and O–H groups in total. The van der Waals surface area contributed by atoms with Crippen LogP contribution in [0.5, 0.6) is 11.5 Å². The summed E-state index contributed by atoms with van der Waals surface area (Å²) in [5.74, 6) is -3.31. The number of thioether (sulfide) groups is 1. The number of carbonyl (C=O) groups excluding carboxylic acids is 4. The number of anilines is 1. The van der Waals surface area contributed by atoms with Crippen molar-refractivity contribution < 1.29 is 43.4 Å². The van der Waals surface area contributed by atoms with Crippen molar-refractivity contribution in [2.75, 3.05) is 24.6 Å². The van der Waals surface area contributed by atoms with Gasteiger partial charge >= 0.3 is 17.9 Å². The first-order valence-corrected chi connectivity index (χ1v) is 14.8. The molecule has 1 saturated heterocycles. The highest BCUT2D eigenvalue weighted by atomic mass is 32.2. The van der Waals surface area contributed by atoms with Crippen LogP contribution in [0, 0.1) is 0 Å². The first-order chi connectivity index (χ1) is 20.5. The maximum atomic E-state index is 13.1. The lowest BCUT2D eigenvalue weighted by atomic mass is 10.0. The number of β-lactam (4-membered cyclic amide) rings is 1. The van der Waals surface area contributed by atoms with Crippen LogP contribution >= 0.6 is 23.1 Å². The molecule has 2 aliphatic rings. The number of amides is 2. The maximum absolute atomic E-state index is 13.1. The first-order valence-electron chi connectivity index (χ1n) is 12.8. The molecular formula is C26H28N6O9S2. The van der Waals surface area contributed by atoms with Crippen molar-refractivity contribution in [1.29, 1.82) is 0 Å². The number of hydrogen-bond donors (Lipinski definition) is 4. The monoisotopic (exact) mass is 632 g/mol. The Hall–Kier alpha value is -4.48. The predicted octanol–water partition coefficient (Wildman–Crippen LogP) is 0.845. The second-order valence-electron chi connectivity index (χ2n) is 9.12. The average molecular weight is 633 g/mol. The number of rotatable bonds is 12. The number of carboxylic acid groups (broad SMARTS) is 1. The van der Waals surface area contributed by atoms with E-state index in [9.17, 15) is 29.1 Å². The molecule has 3 heterocycles. The van der Waals surface area contributed by atoms with E-state index in [2.05, 4.69) is 20.8 Å². The summed E-state index contributed by atoms with van der Waals surface area (Å²) < 4.78 is 10.2. The van der Waals surface area contributed by atoms with Crippen LogP contribution in [0.2, 0.25) is 0 Å². The van der Waals surface area contributed by atoms with Gasteiger partial charge in [0.25, 0.3) is 11.8 Å². The molecule has 1 aromatic carbocycles. The smallest absolute Gasteiger partial charge is 0.352 e. The number of benzene rings is 1. The number of oxime groups is 1. The van der Waals surface area contributed by atoms with Crippen LogP contribution in [0.1, 0.15) is 32.0 Å². The van der Waals surface area contributed by atoms with E-state index in [0.29, 0.717) is 11.1 Å². The van der Waals surface area contributed by atoms with E-state index in [0.717, 1.165) is 16.2 Å². The number of esters is 2. The Morgan fingerprint density at radius 1 is 1.16 bits per heavy atom. The Morgan fingerprint density at radius 2 is 1.88 bits per heavy atom. The summed E-state index contributed by atoms with van der Waals surface area (Å²) in [6.45, 7) is 4.70. The van der Waals surface area contributed by atoms with Gasteiger partial charge in [0, 0.05) is 38.1 Å². The quantitative estimate of drug-likeness (QED) is 0.0841. The van der Waals surface area contributed by atoms with Crippen molar-refractivity contribution >= 4 is 63.7 Å². The Morgan fingerprint density at radius 3 is 2.51 bits per heavy atom. The molecule has 1 fully saturated rings. The van der Waals surface area contributed by atoms with Crippen molar-refractivity contribution in [1.82, 2.24) is 20.5 Å². The second kappa shape index (κ2) is 13.7. The minimum Gasteiger partial charge on any atom is -0.477 e. The third-order valence-electron chi connectivity index (χ3n) is 5.98. The van der Waals surface area contributed by atoms with Gasteiger partial charge in [-0.25, -0.2) is 9.78 Å². The van der Waals surface area contributed by atoms with Crippen molar-refractivity contribution in [3.8, 4) is 11.5 Å². The Balaban J connectivity index is 1.44. The van der Waals surface area contributed by atoms with E-state index < -0.39 is 41.1 Å². The highest BCUT2D eigenvalue weighted by Crippen LogP contribution is 2.40. The number of carboxylic acids is 1. The minimum atomic E-state index is -1.28. The SMILES string of the molecule is CCON=C(C(=O)NC1C(=O)N2C(C(=O)O)=C(CNCc3ccc(OC(C)=O)c(OC(C)=O)c3)CS[C@@H]12)c1csc(N)n1. The van der Waals surface area contributed by atoms with Gasteiger partial charge in [-0.2, -0.15) is 0 Å². The molecule has 1 unspecified atom stereocenters. The van der Waals surface area contributed by atoms with Gasteiger partial charge in [-0.3, -0.25) is 24.1 Å². The lowest BCUT2D eigenvalue weighted by molar-refractivity contribution is -0.150. The van der Waals surface area contributed by atoms with Crippen LogP contribution in [-0.4, -0.2) is 80.7 Å². The van der Waals surface area contributed by atoms with Crippen molar-refractivity contribution in [2.24, 2.45) is 5.16 Å². The maximum Gasteiger partial charge on any atom is 0.352 e. The van der Waals surface area contributed by atoms with E-state index in [1.165, 1.54) is 43.1 Å². The highest BCUT2D eigenvalue weighted by Gasteiger charge is 2.54. The molecule has 0 saturated carbocycles. The number of ether oxygens (including phenoxy) is 2. The molecule has 43 heavy (non-hydrogen) atoms. The third-order valence-corrected chi connectivity index (χ3v) is 8.00. The zero-order chi connectivity index (χ0) is 31.3. The lowest BCUT2D eigenvalue weighted by Crippen LogP contribution is -2.71. The standard InChI is InChI=1S/C26H28N6O9S2/c1-4-39-31-19(16-11-43-26(27)29-16)22(35)30-20-23(36)32-21(25(37)38)15(10-42-24(20)32)9-28-8-14-5-6-17(40-12(2)33)18(7-14)41-13(3)34/h5-7,11,20,24,28H,4,8-10H2,1-3H3,(H2,27,29)(H,30,35)(H,37,38)/t20?,24-/m0/s1. The van der Waals surface area contributed by atoms with Crippen LogP contribution < -0.4 is 25.8 Å². The van der Waals surface area contributed by atoms with Gasteiger partial charge in [0.15, 0.2) is 22.3 Å². The topological polar surface area (TPSA) is 212 Å². The summed E-state index contributed by atoms with van der Waals surface area (Å²) in [7, 11) is 0. The van der Waals surface area contributed by atoms with Gasteiger partial charge in [-0.15, -0.1) is 23.1 Å². The molecule has 2 aromatic rings. The number of aliphatic carboxylic acids is 1. The summed E-state index contributed by atoms with van der Waals surface area (Å²) in [6, 6.07) is 3.69. The number of hydrogen-bond acceptors (Lipinski definition) is 14. The number of thiazole rings is 1. The fourth-order valence-corrected chi connectivity index (χ4v) is 6.15. The molecular weight excluding hydrogens is 604 g/mol. The summed E-state index contributed by atoms with van der Waals surface area (Å²) >= 11 is 2.42. The highest BCUT2D eigenvalue weighted by molar-refractivity contribution is 8.00. The average Bonchev–Trinajstić information content (AvgIpc) is 3.37. The van der Waals surface area contributed by atoms with E-state index in [-0.39, 0.29) is 59.2 Å². The summed E-state index contributed by atoms with van der Waals surface area (Å²) in [4.78, 5) is 71.4. The van der Waals surface area contributed by atoms with Crippen LogP contribution in [-0.2, 0) is 35.4 Å². The molecule has 2 amide bonds. The summed E-state index contributed by atoms with van der Waals surface area (Å²) in [5, 5.41) is 20.7.